The summed E-state index contributed by atoms with van der Waals surface area (Å²) in [5.74, 6) is 0.803. The highest BCUT2D eigenvalue weighted by Gasteiger charge is 2.20. The standard InChI is InChI=1S/C16H17N5S/c1-11-13(10-20(2)19-11)14-3-6-17-16(18-14)21-7-4-15-12(9-21)5-8-22-15/h3,5-6,8,10H,4,7,9H2,1-2H3. The minimum atomic E-state index is 0.803. The van der Waals surface area contributed by atoms with Gasteiger partial charge in [0.1, 0.15) is 0 Å². The highest BCUT2D eigenvalue weighted by Crippen LogP contribution is 2.27. The summed E-state index contributed by atoms with van der Waals surface area (Å²) in [6, 6.07) is 4.16. The van der Waals surface area contributed by atoms with E-state index in [1.807, 2.05) is 48.5 Å². The van der Waals surface area contributed by atoms with Gasteiger partial charge in [-0.25, -0.2) is 9.97 Å². The van der Waals surface area contributed by atoms with Gasteiger partial charge in [-0.2, -0.15) is 5.10 Å². The van der Waals surface area contributed by atoms with Crippen molar-refractivity contribution in [2.75, 3.05) is 11.4 Å². The van der Waals surface area contributed by atoms with E-state index in [0.29, 0.717) is 0 Å². The zero-order valence-electron chi connectivity index (χ0n) is 12.7. The number of hydrogen-bond donors (Lipinski definition) is 0. The lowest BCUT2D eigenvalue weighted by atomic mass is 10.1. The normalized spacial score (nSPS) is 14.2. The fraction of sp³-hybridized carbons (Fsp3) is 0.312. The molecule has 0 aromatic carbocycles. The number of thiophene rings is 1. The first-order chi connectivity index (χ1) is 10.7. The summed E-state index contributed by atoms with van der Waals surface area (Å²) in [5, 5.41) is 6.57. The fourth-order valence-electron chi connectivity index (χ4n) is 2.92. The van der Waals surface area contributed by atoms with Gasteiger partial charge in [0.2, 0.25) is 5.95 Å². The van der Waals surface area contributed by atoms with Gasteiger partial charge in [0.25, 0.3) is 0 Å². The molecule has 4 rings (SSSR count). The minimum absolute atomic E-state index is 0.803. The third-order valence-corrected chi connectivity index (χ3v) is 5.05. The Labute approximate surface area is 133 Å². The van der Waals surface area contributed by atoms with Gasteiger partial charge >= 0.3 is 0 Å². The Bertz CT molecular complexity index is 820. The second-order valence-corrected chi connectivity index (χ2v) is 6.58. The van der Waals surface area contributed by atoms with Crippen molar-refractivity contribution in [1.82, 2.24) is 19.7 Å². The van der Waals surface area contributed by atoms with E-state index in [1.54, 1.807) is 0 Å². The molecule has 22 heavy (non-hydrogen) atoms. The Morgan fingerprint density at radius 1 is 1.27 bits per heavy atom. The number of fused-ring (bicyclic) bond motifs is 1. The van der Waals surface area contributed by atoms with Crippen molar-refractivity contribution in [2.24, 2.45) is 7.05 Å². The van der Waals surface area contributed by atoms with E-state index in [0.717, 1.165) is 42.4 Å². The molecule has 6 heteroatoms. The molecule has 1 aliphatic rings. The summed E-state index contributed by atoms with van der Waals surface area (Å²) in [7, 11) is 1.93. The van der Waals surface area contributed by atoms with Crippen LogP contribution in [0.3, 0.4) is 0 Å². The Hall–Kier alpha value is -2.21. The smallest absolute Gasteiger partial charge is 0.226 e. The van der Waals surface area contributed by atoms with Crippen molar-refractivity contribution in [3.63, 3.8) is 0 Å². The Kier molecular flexibility index (Phi) is 3.18. The van der Waals surface area contributed by atoms with E-state index < -0.39 is 0 Å². The van der Waals surface area contributed by atoms with Gasteiger partial charge < -0.3 is 4.90 Å². The summed E-state index contributed by atoms with van der Waals surface area (Å²) >= 11 is 1.85. The third-order valence-electron chi connectivity index (χ3n) is 4.02. The molecule has 0 radical (unpaired) electrons. The fourth-order valence-corrected chi connectivity index (χ4v) is 3.81. The Morgan fingerprint density at radius 2 is 2.18 bits per heavy atom. The molecule has 0 amide bonds. The number of aryl methyl sites for hydroxylation is 2. The van der Waals surface area contributed by atoms with Crippen LogP contribution in [0, 0.1) is 6.92 Å². The van der Waals surface area contributed by atoms with Crippen molar-refractivity contribution < 1.29 is 0 Å². The van der Waals surface area contributed by atoms with Crippen LogP contribution in [-0.2, 0) is 20.0 Å². The van der Waals surface area contributed by atoms with Crippen LogP contribution >= 0.6 is 11.3 Å². The zero-order chi connectivity index (χ0) is 15.1. The van der Waals surface area contributed by atoms with Crippen LogP contribution < -0.4 is 4.90 Å². The first-order valence-corrected chi connectivity index (χ1v) is 8.22. The molecule has 0 fully saturated rings. The molecule has 0 bridgehead atoms. The Balaban J connectivity index is 1.67. The minimum Gasteiger partial charge on any atom is -0.336 e. The molecule has 0 saturated heterocycles. The average Bonchev–Trinajstić information content (AvgIpc) is 3.12. The predicted molar refractivity (Wildman–Crippen MR) is 88.0 cm³/mol. The lowest BCUT2D eigenvalue weighted by molar-refractivity contribution is 0.718. The number of aromatic nitrogens is 4. The van der Waals surface area contributed by atoms with Gasteiger partial charge in [-0.15, -0.1) is 11.3 Å². The second-order valence-electron chi connectivity index (χ2n) is 5.58. The van der Waals surface area contributed by atoms with E-state index in [-0.39, 0.29) is 0 Å². The van der Waals surface area contributed by atoms with Crippen LogP contribution in [0.2, 0.25) is 0 Å². The molecule has 3 aromatic rings. The zero-order valence-corrected chi connectivity index (χ0v) is 13.5. The molecule has 0 aliphatic carbocycles. The SMILES string of the molecule is Cc1nn(C)cc1-c1ccnc(N2CCc3sccc3C2)n1. The number of hydrogen-bond acceptors (Lipinski definition) is 5. The molecule has 0 unspecified atom stereocenters. The van der Waals surface area contributed by atoms with Crippen molar-refractivity contribution in [1.29, 1.82) is 0 Å². The van der Waals surface area contributed by atoms with Crippen molar-refractivity contribution in [3.8, 4) is 11.3 Å². The molecule has 0 saturated carbocycles. The van der Waals surface area contributed by atoms with Gasteiger partial charge in [0.15, 0.2) is 0 Å². The first kappa shape index (κ1) is 13.5. The summed E-state index contributed by atoms with van der Waals surface area (Å²) in [4.78, 5) is 13.0. The van der Waals surface area contributed by atoms with Crippen LogP contribution in [0.5, 0.6) is 0 Å². The summed E-state index contributed by atoms with van der Waals surface area (Å²) in [5.41, 5.74) is 4.40. The molecular weight excluding hydrogens is 294 g/mol. The number of rotatable bonds is 2. The lowest BCUT2D eigenvalue weighted by Gasteiger charge is -2.27. The maximum Gasteiger partial charge on any atom is 0.226 e. The molecule has 1 aliphatic heterocycles. The number of anilines is 1. The van der Waals surface area contributed by atoms with E-state index in [1.165, 1.54) is 10.4 Å². The van der Waals surface area contributed by atoms with Crippen LogP contribution in [0.15, 0.2) is 29.9 Å². The van der Waals surface area contributed by atoms with Crippen molar-refractivity contribution >= 4 is 17.3 Å². The largest absolute Gasteiger partial charge is 0.336 e. The predicted octanol–water partition coefficient (Wildman–Crippen LogP) is 2.81. The molecule has 0 atom stereocenters. The van der Waals surface area contributed by atoms with Gasteiger partial charge in [-0.3, -0.25) is 4.68 Å². The van der Waals surface area contributed by atoms with Crippen LogP contribution in [0.1, 0.15) is 16.1 Å². The Morgan fingerprint density at radius 3 is 3.00 bits per heavy atom. The molecule has 5 nitrogen and oxygen atoms in total. The van der Waals surface area contributed by atoms with E-state index in [4.69, 9.17) is 4.98 Å². The topological polar surface area (TPSA) is 46.8 Å². The lowest BCUT2D eigenvalue weighted by Crippen LogP contribution is -2.30. The van der Waals surface area contributed by atoms with Gasteiger partial charge in [0, 0.05) is 43.0 Å². The van der Waals surface area contributed by atoms with Crippen LogP contribution in [0.4, 0.5) is 5.95 Å². The molecular formula is C16H17N5S. The first-order valence-electron chi connectivity index (χ1n) is 7.34. The highest BCUT2D eigenvalue weighted by atomic mass is 32.1. The molecule has 112 valence electrons. The second kappa shape index (κ2) is 5.21. The average molecular weight is 311 g/mol. The molecule has 4 heterocycles. The summed E-state index contributed by atoms with van der Waals surface area (Å²) in [6.45, 7) is 3.88. The van der Waals surface area contributed by atoms with Crippen LogP contribution in [-0.4, -0.2) is 26.3 Å². The summed E-state index contributed by atoms with van der Waals surface area (Å²) in [6.07, 6.45) is 4.92. The quantitative estimate of drug-likeness (QED) is 0.730. The number of nitrogens with zero attached hydrogens (tertiary/aromatic N) is 5. The van der Waals surface area contributed by atoms with Gasteiger partial charge in [0.05, 0.1) is 11.4 Å². The van der Waals surface area contributed by atoms with E-state index in [9.17, 15) is 0 Å². The van der Waals surface area contributed by atoms with Gasteiger partial charge in [-0.05, 0) is 36.4 Å². The molecule has 3 aromatic heterocycles. The highest BCUT2D eigenvalue weighted by molar-refractivity contribution is 7.10. The molecule has 0 N–H and O–H groups in total. The van der Waals surface area contributed by atoms with Gasteiger partial charge in [-0.1, -0.05) is 0 Å². The third kappa shape index (κ3) is 2.29. The van der Waals surface area contributed by atoms with Crippen molar-refractivity contribution in [2.45, 2.75) is 19.9 Å². The molecule has 0 spiro atoms. The van der Waals surface area contributed by atoms with Crippen LogP contribution in [0.25, 0.3) is 11.3 Å². The van der Waals surface area contributed by atoms with E-state index >= 15 is 0 Å². The maximum absolute atomic E-state index is 4.76. The van der Waals surface area contributed by atoms with Crippen molar-refractivity contribution in [3.05, 3.63) is 46.0 Å². The van der Waals surface area contributed by atoms with E-state index in [2.05, 4.69) is 26.4 Å². The monoisotopic (exact) mass is 311 g/mol. The summed E-state index contributed by atoms with van der Waals surface area (Å²) < 4.78 is 1.82. The maximum atomic E-state index is 4.76.